The van der Waals surface area contributed by atoms with E-state index in [9.17, 15) is 17.6 Å². The number of amides is 1. The molecule has 0 heterocycles. The minimum absolute atomic E-state index is 0.178. The zero-order valence-corrected chi connectivity index (χ0v) is 17.8. The molecule has 0 aliphatic heterocycles. The van der Waals surface area contributed by atoms with Crippen LogP contribution in [-0.2, 0) is 14.8 Å². The van der Waals surface area contributed by atoms with Gasteiger partial charge in [0.25, 0.3) is 0 Å². The topological polar surface area (TPSA) is 75.7 Å². The Hall–Kier alpha value is -2.61. The first-order valence-electron chi connectivity index (χ1n) is 9.37. The number of halogens is 1. The zero-order valence-electron chi connectivity index (χ0n) is 16.9. The van der Waals surface area contributed by atoms with Gasteiger partial charge in [0.2, 0.25) is 15.9 Å². The van der Waals surface area contributed by atoms with Crippen molar-refractivity contribution in [2.24, 2.45) is 0 Å². The summed E-state index contributed by atoms with van der Waals surface area (Å²) in [6.07, 6.45) is 1.77. The number of carbonyl (C=O) groups is 1. The van der Waals surface area contributed by atoms with Crippen LogP contribution in [0.4, 0.5) is 10.1 Å². The van der Waals surface area contributed by atoms with Gasteiger partial charge in [0.1, 0.15) is 18.2 Å². The lowest BCUT2D eigenvalue weighted by Gasteiger charge is -2.26. The van der Waals surface area contributed by atoms with Crippen molar-refractivity contribution in [2.75, 3.05) is 30.3 Å². The molecule has 0 atom stereocenters. The molecular formula is C21H27FN2O4S. The van der Waals surface area contributed by atoms with Gasteiger partial charge in [-0.3, -0.25) is 9.10 Å². The molecule has 0 bridgehead atoms. The van der Waals surface area contributed by atoms with E-state index in [1.807, 2.05) is 32.0 Å². The van der Waals surface area contributed by atoms with Gasteiger partial charge in [-0.05, 0) is 55.7 Å². The molecule has 158 valence electrons. The van der Waals surface area contributed by atoms with Crippen LogP contribution in [0.1, 0.15) is 24.0 Å². The maximum Gasteiger partial charge on any atom is 0.232 e. The van der Waals surface area contributed by atoms with E-state index in [-0.39, 0.29) is 31.3 Å². The number of aryl methyl sites for hydroxylation is 2. The largest absolute Gasteiger partial charge is 0.492 e. The molecule has 1 N–H and O–H groups in total. The van der Waals surface area contributed by atoms with Crippen LogP contribution in [-0.4, -0.2) is 40.3 Å². The third-order valence-corrected chi connectivity index (χ3v) is 5.53. The first kappa shape index (κ1) is 22.7. The molecule has 0 saturated carbocycles. The maximum absolute atomic E-state index is 12.8. The van der Waals surface area contributed by atoms with Crippen LogP contribution < -0.4 is 14.4 Å². The summed E-state index contributed by atoms with van der Waals surface area (Å²) < 4.78 is 44.1. The number of sulfonamides is 1. The van der Waals surface area contributed by atoms with Crippen LogP contribution in [0.5, 0.6) is 5.75 Å². The third-order valence-electron chi connectivity index (χ3n) is 4.36. The number of hydrogen-bond donors (Lipinski definition) is 1. The highest BCUT2D eigenvalue weighted by Crippen LogP contribution is 2.27. The predicted molar refractivity (Wildman–Crippen MR) is 112 cm³/mol. The van der Waals surface area contributed by atoms with E-state index < -0.39 is 10.0 Å². The summed E-state index contributed by atoms with van der Waals surface area (Å²) in [5.74, 6) is 0.00962. The van der Waals surface area contributed by atoms with Gasteiger partial charge in [-0.15, -0.1) is 0 Å². The molecule has 0 aliphatic rings. The van der Waals surface area contributed by atoms with Crippen molar-refractivity contribution in [3.8, 4) is 5.75 Å². The highest BCUT2D eigenvalue weighted by Gasteiger charge is 2.20. The highest BCUT2D eigenvalue weighted by molar-refractivity contribution is 7.92. The Bertz CT molecular complexity index is 910. The molecular weight excluding hydrogens is 395 g/mol. The Balaban J connectivity index is 1.80. The molecule has 0 saturated heterocycles. The number of nitrogens with zero attached hydrogens (tertiary/aromatic N) is 1. The average molecular weight is 423 g/mol. The molecule has 0 aliphatic carbocycles. The van der Waals surface area contributed by atoms with E-state index in [0.717, 1.165) is 11.1 Å². The second-order valence-electron chi connectivity index (χ2n) is 6.83. The molecule has 29 heavy (non-hydrogen) atoms. The lowest BCUT2D eigenvalue weighted by Crippen LogP contribution is -2.33. The SMILES string of the molecule is Cc1cccc(C)c1N(CCCC(=O)NCCOc1ccc(F)cc1)S(C)(=O)=O. The Morgan fingerprint density at radius 3 is 2.31 bits per heavy atom. The molecule has 2 aromatic carbocycles. The van der Waals surface area contributed by atoms with E-state index in [4.69, 9.17) is 4.74 Å². The summed E-state index contributed by atoms with van der Waals surface area (Å²) in [6, 6.07) is 11.3. The first-order chi connectivity index (χ1) is 13.7. The molecule has 2 aromatic rings. The van der Waals surface area contributed by atoms with Gasteiger partial charge in [-0.25, -0.2) is 12.8 Å². The first-order valence-corrected chi connectivity index (χ1v) is 11.2. The fourth-order valence-electron chi connectivity index (χ4n) is 3.00. The molecule has 1 amide bonds. The molecule has 0 unspecified atom stereocenters. The summed E-state index contributed by atoms with van der Waals surface area (Å²) in [5.41, 5.74) is 2.42. The second-order valence-corrected chi connectivity index (χ2v) is 8.74. The number of hydrogen-bond acceptors (Lipinski definition) is 4. The average Bonchev–Trinajstić information content (AvgIpc) is 2.64. The smallest absolute Gasteiger partial charge is 0.232 e. The summed E-state index contributed by atoms with van der Waals surface area (Å²) in [4.78, 5) is 12.0. The van der Waals surface area contributed by atoms with Crippen molar-refractivity contribution in [3.05, 3.63) is 59.4 Å². The normalized spacial score (nSPS) is 11.2. The highest BCUT2D eigenvalue weighted by atomic mass is 32.2. The van der Waals surface area contributed by atoms with Gasteiger partial charge in [0, 0.05) is 13.0 Å². The fourth-order valence-corrected chi connectivity index (χ4v) is 4.08. The standard InChI is InChI=1S/C21H27FN2O4S/c1-16-6-4-7-17(2)21(16)24(29(3,26)27)14-5-8-20(25)23-13-15-28-19-11-9-18(22)10-12-19/h4,6-7,9-12H,5,8,13-15H2,1-3H3,(H,23,25). The molecule has 0 spiro atoms. The van der Waals surface area contributed by atoms with E-state index in [0.29, 0.717) is 24.4 Å². The van der Waals surface area contributed by atoms with Crippen LogP contribution in [0.25, 0.3) is 0 Å². The number of rotatable bonds is 10. The predicted octanol–water partition coefficient (Wildman–Crippen LogP) is 3.18. The van der Waals surface area contributed by atoms with Crippen LogP contribution in [0.3, 0.4) is 0 Å². The van der Waals surface area contributed by atoms with Gasteiger partial charge >= 0.3 is 0 Å². The van der Waals surface area contributed by atoms with E-state index in [2.05, 4.69) is 5.32 Å². The van der Waals surface area contributed by atoms with Gasteiger partial charge < -0.3 is 10.1 Å². The molecule has 6 nitrogen and oxygen atoms in total. The summed E-state index contributed by atoms with van der Waals surface area (Å²) >= 11 is 0. The summed E-state index contributed by atoms with van der Waals surface area (Å²) in [5, 5.41) is 2.73. The minimum atomic E-state index is -3.46. The Labute approximate surface area is 171 Å². The van der Waals surface area contributed by atoms with Crippen molar-refractivity contribution >= 4 is 21.6 Å². The van der Waals surface area contributed by atoms with Gasteiger partial charge in [0.15, 0.2) is 0 Å². The van der Waals surface area contributed by atoms with E-state index >= 15 is 0 Å². The maximum atomic E-state index is 12.8. The van der Waals surface area contributed by atoms with E-state index in [1.165, 1.54) is 34.8 Å². The number of carbonyl (C=O) groups excluding carboxylic acids is 1. The van der Waals surface area contributed by atoms with Crippen molar-refractivity contribution < 1.29 is 22.3 Å². The van der Waals surface area contributed by atoms with Crippen LogP contribution in [0.2, 0.25) is 0 Å². The Morgan fingerprint density at radius 2 is 1.72 bits per heavy atom. The van der Waals surface area contributed by atoms with Gasteiger partial charge in [-0.1, -0.05) is 18.2 Å². The van der Waals surface area contributed by atoms with Crippen LogP contribution in [0, 0.1) is 19.7 Å². The number of ether oxygens (including phenoxy) is 1. The van der Waals surface area contributed by atoms with Crippen LogP contribution in [0.15, 0.2) is 42.5 Å². The number of para-hydroxylation sites is 1. The number of anilines is 1. The van der Waals surface area contributed by atoms with E-state index in [1.54, 1.807) is 0 Å². The van der Waals surface area contributed by atoms with Gasteiger partial charge in [-0.2, -0.15) is 0 Å². The van der Waals surface area contributed by atoms with Crippen molar-refractivity contribution in [3.63, 3.8) is 0 Å². The van der Waals surface area contributed by atoms with Gasteiger partial charge in [0.05, 0.1) is 18.5 Å². The number of nitrogens with one attached hydrogen (secondary N) is 1. The minimum Gasteiger partial charge on any atom is -0.492 e. The Morgan fingerprint density at radius 1 is 1.10 bits per heavy atom. The fraction of sp³-hybridized carbons (Fsp3) is 0.381. The molecule has 0 fully saturated rings. The van der Waals surface area contributed by atoms with Crippen molar-refractivity contribution in [1.29, 1.82) is 0 Å². The van der Waals surface area contributed by atoms with Crippen molar-refractivity contribution in [1.82, 2.24) is 5.32 Å². The van der Waals surface area contributed by atoms with Crippen molar-refractivity contribution in [2.45, 2.75) is 26.7 Å². The lowest BCUT2D eigenvalue weighted by molar-refractivity contribution is -0.121. The third kappa shape index (κ3) is 7.05. The Kier molecular flexibility index (Phi) is 8.01. The number of benzene rings is 2. The monoisotopic (exact) mass is 422 g/mol. The second kappa shape index (κ2) is 10.2. The molecule has 0 radical (unpaired) electrons. The summed E-state index contributed by atoms with van der Waals surface area (Å²) in [7, 11) is -3.46. The van der Waals surface area contributed by atoms with Crippen LogP contribution >= 0.6 is 0 Å². The molecule has 0 aromatic heterocycles. The molecule has 2 rings (SSSR count). The quantitative estimate of drug-likeness (QED) is 0.597. The summed E-state index contributed by atoms with van der Waals surface area (Å²) in [6.45, 7) is 4.53. The lowest BCUT2D eigenvalue weighted by atomic mass is 10.1. The zero-order chi connectivity index (χ0) is 21.4. The molecule has 8 heteroatoms.